The number of para-hydroxylation sites is 1. The van der Waals surface area contributed by atoms with Gasteiger partial charge in [-0.2, -0.15) is 0 Å². The summed E-state index contributed by atoms with van der Waals surface area (Å²) in [5, 5.41) is 9.54. The molecule has 16 heteroatoms. The molecule has 210 valence electrons. The molecular weight excluding hydrogens is 567 g/mol. The van der Waals surface area contributed by atoms with Crippen LogP contribution in [-0.2, 0) is 42.7 Å². The molecule has 1 amide bonds. The SMILES string of the molecule is CCc1cccc(CC)c1N(COC)C(=O)Cn1c(=O)c(C)cn([C@H]2C[C@H](OP(=O)([O-])[O-])[C@@H](CO)O2)c1=O.[Na+].[Na+]. The number of phosphoric ester groups is 1. The molecule has 3 rings (SSSR count). The zero-order valence-corrected chi connectivity index (χ0v) is 28.6. The molecule has 1 N–H and O–H groups in total. The van der Waals surface area contributed by atoms with Crippen molar-refractivity contribution in [2.75, 3.05) is 25.3 Å². The van der Waals surface area contributed by atoms with E-state index in [0.29, 0.717) is 18.5 Å². The maximum atomic E-state index is 13.5. The predicted octanol–water partition coefficient (Wildman–Crippen LogP) is -6.42. The van der Waals surface area contributed by atoms with Crippen LogP contribution in [0.4, 0.5) is 5.69 Å². The molecule has 40 heavy (non-hydrogen) atoms. The number of aliphatic hydroxyl groups excluding tert-OH is 1. The molecule has 1 aliphatic heterocycles. The van der Waals surface area contributed by atoms with Crippen molar-refractivity contribution >= 4 is 19.4 Å². The van der Waals surface area contributed by atoms with E-state index in [4.69, 9.17) is 9.47 Å². The number of ether oxygens (including phenoxy) is 2. The first-order valence-electron chi connectivity index (χ1n) is 12.1. The number of aryl methyl sites for hydroxylation is 3. The molecule has 1 aromatic carbocycles. The van der Waals surface area contributed by atoms with E-state index in [1.807, 2.05) is 32.0 Å². The van der Waals surface area contributed by atoms with Crippen molar-refractivity contribution in [2.45, 2.75) is 65.0 Å². The Hall–Kier alpha value is -0.640. The van der Waals surface area contributed by atoms with Crippen LogP contribution >= 0.6 is 7.82 Å². The minimum Gasteiger partial charge on any atom is -0.790 e. The average Bonchev–Trinajstić information content (AvgIpc) is 3.27. The van der Waals surface area contributed by atoms with Crippen LogP contribution in [0.1, 0.15) is 43.2 Å². The number of benzene rings is 1. The monoisotopic (exact) mass is 599 g/mol. The number of carbonyl (C=O) groups excluding carboxylic acids is 1. The number of phosphoric acid groups is 1. The van der Waals surface area contributed by atoms with Gasteiger partial charge in [0.1, 0.15) is 25.6 Å². The van der Waals surface area contributed by atoms with E-state index < -0.39 is 56.6 Å². The standard InChI is InChI=1S/C24H34N3O10P.2Na/c1-5-16-8-7-9-17(6-2)22(16)27(14-35-4)20(29)12-26-23(30)15(3)11-25(24(26)31)21-10-18(19(13-28)36-21)37-38(32,33)34;;/h7-9,11,18-19,21,28H,5-6,10,12-14H2,1-4H3,(H2,32,33,34);;/q;2*+1/p-2/t18-,19+,21+;;/m0../s1. The van der Waals surface area contributed by atoms with Crippen molar-refractivity contribution in [3.8, 4) is 0 Å². The summed E-state index contributed by atoms with van der Waals surface area (Å²) in [6, 6.07) is 5.69. The number of aliphatic hydroxyl groups is 1. The smallest absolute Gasteiger partial charge is 0.790 e. The van der Waals surface area contributed by atoms with Crippen LogP contribution in [0.5, 0.6) is 0 Å². The van der Waals surface area contributed by atoms with Gasteiger partial charge in [-0.05, 0) is 30.9 Å². The summed E-state index contributed by atoms with van der Waals surface area (Å²) in [5.74, 6) is -0.556. The minimum atomic E-state index is -5.40. The molecule has 3 atom stereocenters. The summed E-state index contributed by atoms with van der Waals surface area (Å²) >= 11 is 0. The molecule has 0 unspecified atom stereocenters. The Bertz CT molecular complexity index is 1310. The van der Waals surface area contributed by atoms with Crippen molar-refractivity contribution < 1.29 is 97.4 Å². The number of rotatable bonds is 11. The van der Waals surface area contributed by atoms with Crippen LogP contribution < -0.4 is 85.1 Å². The Morgan fingerprint density at radius 2 is 1.80 bits per heavy atom. The van der Waals surface area contributed by atoms with Gasteiger partial charge in [-0.1, -0.05) is 32.0 Å². The predicted molar refractivity (Wildman–Crippen MR) is 132 cm³/mol. The summed E-state index contributed by atoms with van der Waals surface area (Å²) in [5.41, 5.74) is 1.00. The fourth-order valence-corrected chi connectivity index (χ4v) is 5.14. The van der Waals surface area contributed by atoms with Gasteiger partial charge in [0.15, 0.2) is 0 Å². The fourth-order valence-electron chi connectivity index (χ4n) is 4.59. The van der Waals surface area contributed by atoms with Crippen molar-refractivity contribution in [2.24, 2.45) is 0 Å². The number of methoxy groups -OCH3 is 1. The van der Waals surface area contributed by atoms with E-state index in [9.17, 15) is 33.8 Å². The third-order valence-corrected chi connectivity index (χ3v) is 6.92. The first-order valence-corrected chi connectivity index (χ1v) is 13.6. The van der Waals surface area contributed by atoms with E-state index >= 15 is 0 Å². The number of nitrogens with zero attached hydrogens (tertiary/aromatic N) is 3. The maximum Gasteiger partial charge on any atom is 1.00 e. The van der Waals surface area contributed by atoms with Gasteiger partial charge in [0, 0.05) is 25.3 Å². The van der Waals surface area contributed by atoms with E-state index in [2.05, 4.69) is 4.52 Å². The van der Waals surface area contributed by atoms with Gasteiger partial charge >= 0.3 is 64.8 Å². The molecule has 0 saturated carbocycles. The molecular formula is C24H32N3Na2O10P. The molecule has 1 aromatic heterocycles. The minimum absolute atomic E-state index is 0. The average molecular weight is 599 g/mol. The molecule has 1 saturated heterocycles. The number of aromatic nitrogens is 2. The summed E-state index contributed by atoms with van der Waals surface area (Å²) in [4.78, 5) is 63.5. The molecule has 1 aliphatic rings. The van der Waals surface area contributed by atoms with Crippen LogP contribution in [0.25, 0.3) is 0 Å². The van der Waals surface area contributed by atoms with E-state index in [-0.39, 0.29) is 77.8 Å². The Morgan fingerprint density at radius 3 is 2.30 bits per heavy atom. The van der Waals surface area contributed by atoms with Crippen LogP contribution in [0.2, 0.25) is 0 Å². The fraction of sp³-hybridized carbons (Fsp3) is 0.542. The topological polar surface area (TPSA) is 175 Å². The van der Waals surface area contributed by atoms with Gasteiger partial charge in [-0.15, -0.1) is 0 Å². The van der Waals surface area contributed by atoms with Crippen molar-refractivity contribution in [3.63, 3.8) is 0 Å². The number of amides is 1. The van der Waals surface area contributed by atoms with Crippen LogP contribution in [0, 0.1) is 6.92 Å². The molecule has 0 radical (unpaired) electrons. The third-order valence-electron chi connectivity index (χ3n) is 6.39. The van der Waals surface area contributed by atoms with Crippen LogP contribution in [0.15, 0.2) is 34.0 Å². The Kier molecular flexibility index (Phi) is 15.2. The number of hydrogen-bond donors (Lipinski definition) is 1. The Labute approximate surface area is 276 Å². The number of hydrogen-bond acceptors (Lipinski definition) is 10. The van der Waals surface area contributed by atoms with Gasteiger partial charge < -0.3 is 33.5 Å². The van der Waals surface area contributed by atoms with Crippen molar-refractivity contribution in [1.82, 2.24) is 9.13 Å². The van der Waals surface area contributed by atoms with E-state index in [1.54, 1.807) is 0 Å². The summed E-state index contributed by atoms with van der Waals surface area (Å²) in [6.45, 7) is 3.98. The van der Waals surface area contributed by atoms with Crippen molar-refractivity contribution in [1.29, 1.82) is 0 Å². The number of anilines is 1. The van der Waals surface area contributed by atoms with Gasteiger partial charge in [0.25, 0.3) is 5.56 Å². The zero-order chi connectivity index (χ0) is 28.2. The van der Waals surface area contributed by atoms with E-state index in [1.165, 1.54) is 25.1 Å². The molecule has 1 fully saturated rings. The molecule has 2 heterocycles. The zero-order valence-electron chi connectivity index (χ0n) is 23.7. The Morgan fingerprint density at radius 1 is 1.20 bits per heavy atom. The van der Waals surface area contributed by atoms with Crippen LogP contribution in [0.3, 0.4) is 0 Å². The quantitative estimate of drug-likeness (QED) is 0.149. The molecule has 0 bridgehead atoms. The van der Waals surface area contributed by atoms with Crippen molar-refractivity contribution in [3.05, 3.63) is 61.9 Å². The first-order chi connectivity index (χ1) is 17.9. The normalized spacial score (nSPS) is 18.6. The largest absolute Gasteiger partial charge is 1.00 e. The maximum absolute atomic E-state index is 13.5. The molecule has 0 spiro atoms. The summed E-state index contributed by atoms with van der Waals surface area (Å²) in [6.07, 6.45) is -1.43. The summed E-state index contributed by atoms with van der Waals surface area (Å²) in [7, 11) is -3.96. The van der Waals surface area contributed by atoms with Gasteiger partial charge in [-0.25, -0.2) is 4.79 Å². The van der Waals surface area contributed by atoms with Gasteiger partial charge in [0.05, 0.1) is 26.2 Å². The second kappa shape index (κ2) is 16.3. The van der Waals surface area contributed by atoms with Gasteiger partial charge in [0.2, 0.25) is 5.91 Å². The molecule has 2 aromatic rings. The van der Waals surface area contributed by atoms with Gasteiger partial charge in [-0.3, -0.25) is 23.6 Å². The molecule has 0 aliphatic carbocycles. The summed E-state index contributed by atoms with van der Waals surface area (Å²) < 4.78 is 28.2. The third kappa shape index (κ3) is 8.70. The number of carbonyl (C=O) groups is 1. The second-order valence-corrected chi connectivity index (χ2v) is 10.0. The second-order valence-electron chi connectivity index (χ2n) is 8.90. The Balaban J connectivity index is 0.00000400. The van der Waals surface area contributed by atoms with E-state index in [0.717, 1.165) is 20.3 Å². The first kappa shape index (κ1) is 37.4. The van der Waals surface area contributed by atoms with Crippen LogP contribution in [-0.4, -0.2) is 52.8 Å². The molecule has 13 nitrogen and oxygen atoms in total.